The van der Waals surface area contributed by atoms with E-state index in [2.05, 4.69) is 68.7 Å². The Kier molecular flexibility index (Phi) is 14.5. The number of thioether (sulfide) groups is 1. The van der Waals surface area contributed by atoms with Gasteiger partial charge in [-0.15, -0.1) is 24.0 Å². The van der Waals surface area contributed by atoms with Crippen molar-refractivity contribution in [2.75, 3.05) is 59.2 Å². The van der Waals surface area contributed by atoms with Crippen LogP contribution in [0, 0.1) is 5.92 Å². The number of rotatable bonds is 9. The zero-order chi connectivity index (χ0) is 17.9. The van der Waals surface area contributed by atoms with Crippen molar-refractivity contribution in [3.8, 4) is 0 Å². The molecule has 1 saturated heterocycles. The Morgan fingerprint density at radius 2 is 2.08 bits per heavy atom. The predicted octanol–water partition coefficient (Wildman–Crippen LogP) is 3.00. The lowest BCUT2D eigenvalue weighted by Crippen LogP contribution is -2.49. The summed E-state index contributed by atoms with van der Waals surface area (Å²) in [5.74, 6) is 2.94. The minimum absolute atomic E-state index is 0. The topological polar surface area (TPSA) is 40.1 Å². The summed E-state index contributed by atoms with van der Waals surface area (Å²) in [6.07, 6.45) is 1.22. The third kappa shape index (κ3) is 10.2. The SMILES string of the molecule is CCNC(=NCC(CCN(C)C)OCC)N1CCSC(C(C)C)C1.I. The molecular formula is C18H39IN4OS. The van der Waals surface area contributed by atoms with E-state index in [1.165, 1.54) is 5.75 Å². The number of hydrogen-bond acceptors (Lipinski definition) is 4. The summed E-state index contributed by atoms with van der Waals surface area (Å²) in [5.41, 5.74) is 0. The summed E-state index contributed by atoms with van der Waals surface area (Å²) in [6, 6.07) is 0. The molecule has 1 aliphatic heterocycles. The van der Waals surface area contributed by atoms with Gasteiger partial charge in [-0.2, -0.15) is 11.8 Å². The van der Waals surface area contributed by atoms with Crippen molar-refractivity contribution in [2.24, 2.45) is 10.9 Å². The molecule has 1 aliphatic rings. The monoisotopic (exact) mass is 486 g/mol. The second-order valence-electron chi connectivity index (χ2n) is 6.96. The smallest absolute Gasteiger partial charge is 0.194 e. The molecule has 25 heavy (non-hydrogen) atoms. The van der Waals surface area contributed by atoms with Gasteiger partial charge in [0.05, 0.1) is 12.6 Å². The first-order valence-electron chi connectivity index (χ1n) is 9.39. The van der Waals surface area contributed by atoms with E-state index in [1.54, 1.807) is 0 Å². The average molecular weight is 487 g/mol. The first-order valence-corrected chi connectivity index (χ1v) is 10.4. The van der Waals surface area contributed by atoms with Crippen LogP contribution in [0.1, 0.15) is 34.1 Å². The van der Waals surface area contributed by atoms with Crippen molar-refractivity contribution in [3.05, 3.63) is 0 Å². The molecule has 1 heterocycles. The lowest BCUT2D eigenvalue weighted by Gasteiger charge is -2.36. The highest BCUT2D eigenvalue weighted by atomic mass is 127. The van der Waals surface area contributed by atoms with Crippen LogP contribution in [0.5, 0.6) is 0 Å². The number of halogens is 1. The molecule has 0 aromatic rings. The molecular weight excluding hydrogens is 447 g/mol. The van der Waals surface area contributed by atoms with Crippen LogP contribution >= 0.6 is 35.7 Å². The highest BCUT2D eigenvalue weighted by molar-refractivity contribution is 14.0. The van der Waals surface area contributed by atoms with Gasteiger partial charge in [0.1, 0.15) is 0 Å². The van der Waals surface area contributed by atoms with Crippen molar-refractivity contribution in [1.29, 1.82) is 0 Å². The molecule has 2 unspecified atom stereocenters. The fraction of sp³-hybridized carbons (Fsp3) is 0.944. The van der Waals surface area contributed by atoms with Crippen molar-refractivity contribution < 1.29 is 4.74 Å². The Bertz CT molecular complexity index is 369. The molecule has 0 radical (unpaired) electrons. The van der Waals surface area contributed by atoms with Crippen LogP contribution in [0.25, 0.3) is 0 Å². The van der Waals surface area contributed by atoms with Crippen molar-refractivity contribution in [1.82, 2.24) is 15.1 Å². The van der Waals surface area contributed by atoms with E-state index >= 15 is 0 Å². The van der Waals surface area contributed by atoms with Gasteiger partial charge in [-0.3, -0.25) is 4.99 Å². The first-order chi connectivity index (χ1) is 11.5. The molecule has 1 N–H and O–H groups in total. The zero-order valence-electron chi connectivity index (χ0n) is 17.0. The second-order valence-corrected chi connectivity index (χ2v) is 8.31. The minimum Gasteiger partial charge on any atom is -0.377 e. The Morgan fingerprint density at radius 3 is 2.64 bits per heavy atom. The predicted molar refractivity (Wildman–Crippen MR) is 123 cm³/mol. The van der Waals surface area contributed by atoms with Gasteiger partial charge in [-0.05, 0) is 40.3 Å². The standard InChI is InChI=1S/C18H38N4OS.HI/c1-7-19-18(22-11-12-24-17(14-22)15(3)4)20-13-16(23-8-2)9-10-21(5)6;/h15-17H,7-14H2,1-6H3,(H,19,20);1H. The van der Waals surface area contributed by atoms with Crippen LogP contribution in [0.2, 0.25) is 0 Å². The highest BCUT2D eigenvalue weighted by Gasteiger charge is 2.25. The van der Waals surface area contributed by atoms with Crippen molar-refractivity contribution in [2.45, 2.75) is 45.5 Å². The van der Waals surface area contributed by atoms with Crippen molar-refractivity contribution in [3.63, 3.8) is 0 Å². The summed E-state index contributed by atoms with van der Waals surface area (Å²) in [4.78, 5) is 9.54. The van der Waals surface area contributed by atoms with E-state index in [1.807, 2.05) is 0 Å². The van der Waals surface area contributed by atoms with Gasteiger partial charge in [0.25, 0.3) is 0 Å². The first kappa shape index (κ1) is 25.3. The molecule has 1 rings (SSSR count). The van der Waals surface area contributed by atoms with Crippen LogP contribution in [0.15, 0.2) is 4.99 Å². The number of hydrogen-bond donors (Lipinski definition) is 1. The van der Waals surface area contributed by atoms with Gasteiger partial charge < -0.3 is 19.9 Å². The van der Waals surface area contributed by atoms with Crippen LogP contribution < -0.4 is 5.32 Å². The summed E-state index contributed by atoms with van der Waals surface area (Å²) >= 11 is 2.10. The molecule has 2 atom stereocenters. The Morgan fingerprint density at radius 1 is 1.36 bits per heavy atom. The Hall–Kier alpha value is 0.270. The second kappa shape index (κ2) is 14.3. The zero-order valence-corrected chi connectivity index (χ0v) is 20.1. The maximum absolute atomic E-state index is 5.88. The van der Waals surface area contributed by atoms with Crippen LogP contribution in [0.3, 0.4) is 0 Å². The maximum atomic E-state index is 5.88. The fourth-order valence-electron chi connectivity index (χ4n) is 2.75. The van der Waals surface area contributed by atoms with Gasteiger partial charge >= 0.3 is 0 Å². The largest absolute Gasteiger partial charge is 0.377 e. The molecule has 0 saturated carbocycles. The summed E-state index contributed by atoms with van der Waals surface area (Å²) < 4.78 is 5.88. The van der Waals surface area contributed by atoms with E-state index in [4.69, 9.17) is 9.73 Å². The van der Waals surface area contributed by atoms with Gasteiger partial charge in [-0.1, -0.05) is 13.8 Å². The molecule has 5 nitrogen and oxygen atoms in total. The van der Waals surface area contributed by atoms with Crippen LogP contribution in [-0.2, 0) is 4.74 Å². The third-order valence-electron chi connectivity index (χ3n) is 4.22. The molecule has 0 aliphatic carbocycles. The van der Waals surface area contributed by atoms with Crippen molar-refractivity contribution >= 4 is 41.7 Å². The number of aliphatic imine (C=N–C) groups is 1. The quantitative estimate of drug-likeness (QED) is 0.308. The molecule has 0 amide bonds. The van der Waals surface area contributed by atoms with E-state index in [0.717, 1.165) is 51.7 Å². The summed E-state index contributed by atoms with van der Waals surface area (Å²) in [5, 5.41) is 4.17. The molecule has 0 aromatic heterocycles. The Labute approximate surface area is 176 Å². The number of guanidine groups is 1. The number of nitrogens with zero attached hydrogens (tertiary/aromatic N) is 3. The summed E-state index contributed by atoms with van der Waals surface area (Å²) in [6.45, 7) is 14.4. The van der Waals surface area contributed by atoms with Gasteiger partial charge in [0.2, 0.25) is 0 Å². The number of ether oxygens (including phenoxy) is 1. The fourth-order valence-corrected chi connectivity index (χ4v) is 4.05. The normalized spacial score (nSPS) is 19.9. The lowest BCUT2D eigenvalue weighted by molar-refractivity contribution is 0.0580. The maximum Gasteiger partial charge on any atom is 0.194 e. The average Bonchev–Trinajstić information content (AvgIpc) is 2.56. The van der Waals surface area contributed by atoms with E-state index in [0.29, 0.717) is 11.2 Å². The molecule has 7 heteroatoms. The van der Waals surface area contributed by atoms with Gasteiger partial charge in [0, 0.05) is 43.8 Å². The van der Waals surface area contributed by atoms with E-state index in [9.17, 15) is 0 Å². The third-order valence-corrected chi connectivity index (χ3v) is 5.76. The molecule has 150 valence electrons. The van der Waals surface area contributed by atoms with Crippen LogP contribution in [-0.4, -0.2) is 86.3 Å². The highest BCUT2D eigenvalue weighted by Crippen LogP contribution is 2.24. The lowest BCUT2D eigenvalue weighted by atomic mass is 10.1. The van der Waals surface area contributed by atoms with E-state index < -0.39 is 0 Å². The number of nitrogens with one attached hydrogen (secondary N) is 1. The summed E-state index contributed by atoms with van der Waals surface area (Å²) in [7, 11) is 4.21. The van der Waals surface area contributed by atoms with Crippen LogP contribution in [0.4, 0.5) is 0 Å². The van der Waals surface area contributed by atoms with Gasteiger partial charge in [-0.25, -0.2) is 0 Å². The molecule has 0 aromatic carbocycles. The Balaban J connectivity index is 0.00000576. The van der Waals surface area contributed by atoms with E-state index in [-0.39, 0.29) is 30.1 Å². The molecule has 0 bridgehead atoms. The molecule has 0 spiro atoms. The van der Waals surface area contributed by atoms with Gasteiger partial charge in [0.15, 0.2) is 5.96 Å². The molecule has 1 fully saturated rings. The minimum atomic E-state index is 0.